The van der Waals surface area contributed by atoms with Gasteiger partial charge in [0.1, 0.15) is 11.9 Å². The summed E-state index contributed by atoms with van der Waals surface area (Å²) in [5.41, 5.74) is 0.862. The molecule has 5 nitrogen and oxygen atoms in total. The van der Waals surface area contributed by atoms with Crippen LogP contribution in [0.1, 0.15) is 12.8 Å². The average Bonchev–Trinajstić information content (AvgIpc) is 2.48. The molecule has 1 aliphatic rings. The number of nitrogens with one attached hydrogen (secondary N) is 1. The molecule has 19 heavy (non-hydrogen) atoms. The lowest BCUT2D eigenvalue weighted by atomic mass is 10.1. The third-order valence-electron chi connectivity index (χ3n) is 3.27. The molecule has 1 saturated heterocycles. The normalized spacial score (nSPS) is 19.3. The first-order valence-corrected chi connectivity index (χ1v) is 6.53. The number of piperidine rings is 1. The van der Waals surface area contributed by atoms with E-state index in [0.717, 1.165) is 36.2 Å². The van der Waals surface area contributed by atoms with Crippen LogP contribution in [0.2, 0.25) is 0 Å². The third-order valence-corrected chi connectivity index (χ3v) is 3.27. The minimum absolute atomic E-state index is 0.255. The summed E-state index contributed by atoms with van der Waals surface area (Å²) in [5.74, 6) is 0.870. The molecule has 0 amide bonds. The van der Waals surface area contributed by atoms with Crippen LogP contribution in [-0.2, 0) is 0 Å². The zero-order valence-electron chi connectivity index (χ0n) is 10.9. The first-order chi connectivity index (χ1) is 9.35. The van der Waals surface area contributed by atoms with Crippen molar-refractivity contribution in [1.29, 1.82) is 0 Å². The standard InChI is InChI=1S/C14H17N3O2/c1-18-14-16-8-10-7-11(4-5-13(10)17-14)19-12-3-2-6-15-9-12/h4-5,7-8,12,15H,2-3,6,9H2,1H3. The molecular formula is C14H17N3O2. The summed E-state index contributed by atoms with van der Waals surface area (Å²) in [5, 5.41) is 4.30. The maximum absolute atomic E-state index is 5.97. The fourth-order valence-corrected chi connectivity index (χ4v) is 2.28. The summed E-state index contributed by atoms with van der Waals surface area (Å²) in [6, 6.07) is 6.25. The highest BCUT2D eigenvalue weighted by molar-refractivity contribution is 5.79. The number of nitrogens with zero attached hydrogens (tertiary/aromatic N) is 2. The van der Waals surface area contributed by atoms with Gasteiger partial charge in [0, 0.05) is 18.1 Å². The molecule has 1 N–H and O–H groups in total. The lowest BCUT2D eigenvalue weighted by Crippen LogP contribution is -2.37. The smallest absolute Gasteiger partial charge is 0.316 e. The quantitative estimate of drug-likeness (QED) is 0.910. The van der Waals surface area contributed by atoms with Gasteiger partial charge in [0.15, 0.2) is 0 Å². The van der Waals surface area contributed by atoms with Gasteiger partial charge in [0.25, 0.3) is 0 Å². The van der Waals surface area contributed by atoms with Gasteiger partial charge in [-0.25, -0.2) is 4.98 Å². The Morgan fingerprint density at radius 1 is 1.37 bits per heavy atom. The monoisotopic (exact) mass is 259 g/mol. The molecule has 1 aromatic heterocycles. The molecule has 1 unspecified atom stereocenters. The maximum Gasteiger partial charge on any atom is 0.316 e. The van der Waals surface area contributed by atoms with Gasteiger partial charge >= 0.3 is 6.01 Å². The van der Waals surface area contributed by atoms with Gasteiger partial charge in [0.2, 0.25) is 0 Å². The van der Waals surface area contributed by atoms with Crippen molar-refractivity contribution in [2.24, 2.45) is 0 Å². The van der Waals surface area contributed by atoms with Gasteiger partial charge in [-0.05, 0) is 37.6 Å². The minimum Gasteiger partial charge on any atom is -0.489 e. The predicted molar refractivity (Wildman–Crippen MR) is 72.6 cm³/mol. The molecule has 1 atom stereocenters. The van der Waals surface area contributed by atoms with E-state index in [9.17, 15) is 0 Å². The molecular weight excluding hydrogens is 242 g/mol. The Morgan fingerprint density at radius 3 is 3.11 bits per heavy atom. The van der Waals surface area contributed by atoms with Crippen molar-refractivity contribution in [3.8, 4) is 11.8 Å². The molecule has 1 aromatic carbocycles. The number of ether oxygens (including phenoxy) is 2. The molecule has 0 saturated carbocycles. The second-order valence-electron chi connectivity index (χ2n) is 4.66. The zero-order chi connectivity index (χ0) is 13.1. The largest absolute Gasteiger partial charge is 0.489 e. The van der Waals surface area contributed by atoms with E-state index < -0.39 is 0 Å². The van der Waals surface area contributed by atoms with Crippen molar-refractivity contribution < 1.29 is 9.47 Å². The van der Waals surface area contributed by atoms with E-state index in [4.69, 9.17) is 9.47 Å². The number of hydrogen-bond acceptors (Lipinski definition) is 5. The SMILES string of the molecule is COc1ncc2cc(OC3CCCNC3)ccc2n1. The van der Waals surface area contributed by atoms with Gasteiger partial charge in [-0.2, -0.15) is 4.98 Å². The van der Waals surface area contributed by atoms with Crippen LogP contribution < -0.4 is 14.8 Å². The summed E-state index contributed by atoms with van der Waals surface area (Å²) in [7, 11) is 1.56. The van der Waals surface area contributed by atoms with E-state index in [-0.39, 0.29) is 6.10 Å². The van der Waals surface area contributed by atoms with Crippen molar-refractivity contribution >= 4 is 10.9 Å². The van der Waals surface area contributed by atoms with Crippen molar-refractivity contribution in [2.45, 2.75) is 18.9 Å². The number of fused-ring (bicyclic) bond motifs is 1. The average molecular weight is 259 g/mol. The Kier molecular flexibility index (Phi) is 3.46. The molecule has 100 valence electrons. The molecule has 3 rings (SSSR count). The Hall–Kier alpha value is -1.88. The maximum atomic E-state index is 5.97. The summed E-state index contributed by atoms with van der Waals surface area (Å²) in [6.45, 7) is 2.00. The molecule has 0 spiro atoms. The lowest BCUT2D eigenvalue weighted by molar-refractivity contribution is 0.167. The molecule has 1 fully saturated rings. The number of aromatic nitrogens is 2. The second kappa shape index (κ2) is 5.40. The van der Waals surface area contributed by atoms with E-state index >= 15 is 0 Å². The minimum atomic E-state index is 0.255. The third kappa shape index (κ3) is 2.76. The van der Waals surface area contributed by atoms with Gasteiger partial charge in [-0.3, -0.25) is 0 Å². The molecule has 0 radical (unpaired) electrons. The van der Waals surface area contributed by atoms with Gasteiger partial charge in [0.05, 0.1) is 12.6 Å². The summed E-state index contributed by atoms with van der Waals surface area (Å²) < 4.78 is 11.0. The zero-order valence-corrected chi connectivity index (χ0v) is 10.9. The summed E-state index contributed by atoms with van der Waals surface area (Å²) >= 11 is 0. The highest BCUT2D eigenvalue weighted by Crippen LogP contribution is 2.22. The van der Waals surface area contributed by atoms with E-state index in [1.165, 1.54) is 6.42 Å². The Bertz CT molecular complexity index is 568. The van der Waals surface area contributed by atoms with Crippen LogP contribution in [0.3, 0.4) is 0 Å². The topological polar surface area (TPSA) is 56.3 Å². The lowest BCUT2D eigenvalue weighted by Gasteiger charge is -2.24. The molecule has 0 bridgehead atoms. The molecule has 2 aromatic rings. The first kappa shape index (κ1) is 12.2. The molecule has 0 aliphatic carbocycles. The second-order valence-corrected chi connectivity index (χ2v) is 4.66. The van der Waals surface area contributed by atoms with E-state index in [1.54, 1.807) is 13.3 Å². The van der Waals surface area contributed by atoms with Crippen molar-refractivity contribution in [1.82, 2.24) is 15.3 Å². The van der Waals surface area contributed by atoms with Crippen molar-refractivity contribution in [2.75, 3.05) is 20.2 Å². The van der Waals surface area contributed by atoms with Crippen molar-refractivity contribution in [3.63, 3.8) is 0 Å². The molecule has 2 heterocycles. The van der Waals surface area contributed by atoms with Gasteiger partial charge in [-0.1, -0.05) is 0 Å². The number of hydrogen-bond donors (Lipinski definition) is 1. The van der Waals surface area contributed by atoms with Crippen LogP contribution in [0.15, 0.2) is 24.4 Å². The highest BCUT2D eigenvalue weighted by atomic mass is 16.5. The molecule has 1 aliphatic heterocycles. The number of methoxy groups -OCH3 is 1. The van der Waals surface area contributed by atoms with Gasteiger partial charge in [-0.15, -0.1) is 0 Å². The van der Waals surface area contributed by atoms with Crippen LogP contribution in [0.4, 0.5) is 0 Å². The Labute approximate surface area is 112 Å². The number of rotatable bonds is 3. The first-order valence-electron chi connectivity index (χ1n) is 6.53. The van der Waals surface area contributed by atoms with Crippen LogP contribution in [-0.4, -0.2) is 36.3 Å². The van der Waals surface area contributed by atoms with Gasteiger partial charge < -0.3 is 14.8 Å². The highest BCUT2D eigenvalue weighted by Gasteiger charge is 2.14. The van der Waals surface area contributed by atoms with E-state index in [1.807, 2.05) is 18.2 Å². The Balaban J connectivity index is 1.80. The van der Waals surface area contributed by atoms with Crippen LogP contribution in [0.25, 0.3) is 10.9 Å². The fraction of sp³-hybridized carbons (Fsp3) is 0.429. The van der Waals surface area contributed by atoms with Crippen molar-refractivity contribution in [3.05, 3.63) is 24.4 Å². The summed E-state index contributed by atoms with van der Waals surface area (Å²) in [6.07, 6.45) is 4.28. The van der Waals surface area contributed by atoms with E-state index in [0.29, 0.717) is 6.01 Å². The molecule has 5 heteroatoms. The number of benzene rings is 1. The van der Waals surface area contributed by atoms with E-state index in [2.05, 4.69) is 15.3 Å². The van der Waals surface area contributed by atoms with Crippen LogP contribution >= 0.6 is 0 Å². The Morgan fingerprint density at radius 2 is 2.32 bits per heavy atom. The predicted octanol–water partition coefficient (Wildman–Crippen LogP) is 1.77. The van der Waals surface area contributed by atoms with Crippen LogP contribution in [0.5, 0.6) is 11.8 Å². The fourth-order valence-electron chi connectivity index (χ4n) is 2.28. The van der Waals surface area contributed by atoms with Crippen LogP contribution in [0, 0.1) is 0 Å². The summed E-state index contributed by atoms with van der Waals surface area (Å²) in [4.78, 5) is 8.39.